The van der Waals surface area contributed by atoms with Gasteiger partial charge >= 0.3 is 0 Å². The van der Waals surface area contributed by atoms with Gasteiger partial charge in [0.2, 0.25) is 0 Å². The van der Waals surface area contributed by atoms with Crippen LogP contribution in [-0.2, 0) is 6.61 Å². The molecule has 0 saturated carbocycles. The number of hydrogen-bond acceptors (Lipinski definition) is 2. The molecule has 0 atom stereocenters. The highest BCUT2D eigenvalue weighted by atomic mass is 35.5. The minimum Gasteiger partial charge on any atom is -0.488 e. The molecule has 0 aliphatic heterocycles. The first kappa shape index (κ1) is 17.0. The Morgan fingerprint density at radius 3 is 2.32 bits per heavy atom. The minimum absolute atomic E-state index is 0.0513. The summed E-state index contributed by atoms with van der Waals surface area (Å²) in [6, 6.07) is 24.4. The number of carbonyl (C=O) groups is 1. The number of allylic oxidation sites excluding steroid dienone is 1. The van der Waals surface area contributed by atoms with Crippen molar-refractivity contribution in [3.05, 3.63) is 107 Å². The van der Waals surface area contributed by atoms with E-state index in [1.54, 1.807) is 36.4 Å². The van der Waals surface area contributed by atoms with Crippen LogP contribution in [-0.4, -0.2) is 5.78 Å². The Hall–Kier alpha value is -2.84. The van der Waals surface area contributed by atoms with Gasteiger partial charge in [-0.25, -0.2) is 0 Å². The molecule has 0 amide bonds. The van der Waals surface area contributed by atoms with E-state index in [0.29, 0.717) is 22.9 Å². The van der Waals surface area contributed by atoms with E-state index in [9.17, 15) is 4.79 Å². The molecule has 0 N–H and O–H groups in total. The summed E-state index contributed by atoms with van der Waals surface area (Å²) in [5.74, 6) is 0.595. The maximum absolute atomic E-state index is 12.2. The van der Waals surface area contributed by atoms with Gasteiger partial charge in [-0.05, 0) is 35.9 Å². The molecule has 0 radical (unpaired) electrons. The lowest BCUT2D eigenvalue weighted by atomic mass is 10.1. The van der Waals surface area contributed by atoms with Crippen LogP contribution in [0.15, 0.2) is 84.9 Å². The summed E-state index contributed by atoms with van der Waals surface area (Å²) in [5, 5.41) is 0.592. The summed E-state index contributed by atoms with van der Waals surface area (Å²) >= 11 is 6.09. The molecule has 25 heavy (non-hydrogen) atoms. The Morgan fingerprint density at radius 2 is 1.60 bits per heavy atom. The summed E-state index contributed by atoms with van der Waals surface area (Å²) < 4.78 is 5.90. The molecule has 3 aromatic carbocycles. The Labute approximate surface area is 152 Å². The molecule has 0 fully saturated rings. The maximum atomic E-state index is 12.2. The number of carbonyl (C=O) groups excluding carboxylic acids is 1. The van der Waals surface area contributed by atoms with Crippen molar-refractivity contribution >= 4 is 23.5 Å². The molecule has 3 heteroatoms. The van der Waals surface area contributed by atoms with Crippen molar-refractivity contribution in [1.29, 1.82) is 0 Å². The molecule has 124 valence electrons. The van der Waals surface area contributed by atoms with E-state index in [4.69, 9.17) is 16.3 Å². The highest BCUT2D eigenvalue weighted by Crippen LogP contribution is 2.25. The fraction of sp³-hybridized carbons (Fsp3) is 0.0455. The van der Waals surface area contributed by atoms with Gasteiger partial charge in [0.05, 0.1) is 0 Å². The van der Waals surface area contributed by atoms with Crippen molar-refractivity contribution in [3.8, 4) is 5.75 Å². The van der Waals surface area contributed by atoms with Gasteiger partial charge in [-0.1, -0.05) is 72.3 Å². The molecule has 0 unspecified atom stereocenters. The number of hydrogen-bond donors (Lipinski definition) is 0. The largest absolute Gasteiger partial charge is 0.488 e. The van der Waals surface area contributed by atoms with Crippen LogP contribution in [0.25, 0.3) is 6.08 Å². The van der Waals surface area contributed by atoms with Gasteiger partial charge in [-0.3, -0.25) is 4.79 Å². The molecular weight excluding hydrogens is 332 g/mol. The lowest BCUT2D eigenvalue weighted by Crippen LogP contribution is -1.97. The summed E-state index contributed by atoms with van der Waals surface area (Å²) in [5.41, 5.74) is 2.53. The normalized spacial score (nSPS) is 10.8. The van der Waals surface area contributed by atoms with Crippen LogP contribution >= 0.6 is 11.6 Å². The molecule has 0 aliphatic carbocycles. The number of ketones is 1. The molecule has 0 bridgehead atoms. The van der Waals surface area contributed by atoms with Crippen LogP contribution in [0.5, 0.6) is 5.75 Å². The van der Waals surface area contributed by atoms with Crippen LogP contribution in [0.2, 0.25) is 5.02 Å². The first-order valence-corrected chi connectivity index (χ1v) is 8.34. The van der Waals surface area contributed by atoms with Crippen LogP contribution < -0.4 is 4.74 Å². The van der Waals surface area contributed by atoms with Crippen LogP contribution in [0, 0.1) is 0 Å². The Morgan fingerprint density at radius 1 is 0.920 bits per heavy atom. The van der Waals surface area contributed by atoms with Crippen molar-refractivity contribution in [2.75, 3.05) is 0 Å². The number of halogens is 1. The lowest BCUT2D eigenvalue weighted by Gasteiger charge is -2.10. The first-order valence-electron chi connectivity index (χ1n) is 7.96. The Kier molecular flexibility index (Phi) is 5.65. The van der Waals surface area contributed by atoms with Crippen molar-refractivity contribution in [1.82, 2.24) is 0 Å². The number of rotatable bonds is 6. The summed E-state index contributed by atoms with van der Waals surface area (Å²) in [6.07, 6.45) is 3.31. The SMILES string of the molecule is O=C(C=Cc1ccc(Cl)cc1OCc1ccccc1)c1ccccc1. The predicted molar refractivity (Wildman–Crippen MR) is 102 cm³/mol. The van der Waals surface area contributed by atoms with E-state index < -0.39 is 0 Å². The monoisotopic (exact) mass is 348 g/mol. The van der Waals surface area contributed by atoms with E-state index in [0.717, 1.165) is 11.1 Å². The van der Waals surface area contributed by atoms with Gasteiger partial charge in [-0.15, -0.1) is 0 Å². The molecule has 0 aromatic heterocycles. The van der Waals surface area contributed by atoms with Gasteiger partial charge in [0.1, 0.15) is 12.4 Å². The van der Waals surface area contributed by atoms with E-state index in [1.807, 2.05) is 54.6 Å². The van der Waals surface area contributed by atoms with Crippen LogP contribution in [0.3, 0.4) is 0 Å². The third-order valence-corrected chi connectivity index (χ3v) is 3.92. The summed E-state index contributed by atoms with van der Waals surface area (Å²) in [6.45, 7) is 0.439. The standard InChI is InChI=1S/C22H17ClO2/c23-20-13-11-19(12-14-21(24)18-9-5-2-6-10-18)22(15-20)25-16-17-7-3-1-4-8-17/h1-15H,16H2. The molecule has 3 aromatic rings. The Bertz CT molecular complexity index is 871. The van der Waals surface area contributed by atoms with E-state index in [2.05, 4.69) is 0 Å². The lowest BCUT2D eigenvalue weighted by molar-refractivity contribution is 0.104. The zero-order valence-electron chi connectivity index (χ0n) is 13.6. The molecule has 0 saturated heterocycles. The maximum Gasteiger partial charge on any atom is 0.185 e. The molecule has 2 nitrogen and oxygen atoms in total. The summed E-state index contributed by atoms with van der Waals surface area (Å²) in [4.78, 5) is 12.2. The van der Waals surface area contributed by atoms with E-state index >= 15 is 0 Å². The average Bonchev–Trinajstić information content (AvgIpc) is 2.67. The molecule has 3 rings (SSSR count). The van der Waals surface area contributed by atoms with Gasteiger partial charge < -0.3 is 4.74 Å². The second-order valence-electron chi connectivity index (χ2n) is 5.52. The third-order valence-electron chi connectivity index (χ3n) is 3.69. The molecule has 0 spiro atoms. The quantitative estimate of drug-likeness (QED) is 0.414. The zero-order chi connectivity index (χ0) is 17.5. The van der Waals surface area contributed by atoms with Crippen molar-refractivity contribution in [2.24, 2.45) is 0 Å². The summed E-state index contributed by atoms with van der Waals surface area (Å²) in [7, 11) is 0. The average molecular weight is 349 g/mol. The smallest absolute Gasteiger partial charge is 0.185 e. The molecular formula is C22H17ClO2. The second kappa shape index (κ2) is 8.32. The van der Waals surface area contributed by atoms with Crippen molar-refractivity contribution < 1.29 is 9.53 Å². The fourth-order valence-electron chi connectivity index (χ4n) is 2.37. The fourth-order valence-corrected chi connectivity index (χ4v) is 2.53. The molecule has 0 heterocycles. The van der Waals surface area contributed by atoms with Crippen molar-refractivity contribution in [2.45, 2.75) is 6.61 Å². The zero-order valence-corrected chi connectivity index (χ0v) is 14.3. The topological polar surface area (TPSA) is 26.3 Å². The highest BCUT2D eigenvalue weighted by Gasteiger charge is 2.05. The Balaban J connectivity index is 1.77. The third kappa shape index (κ3) is 4.82. The predicted octanol–water partition coefficient (Wildman–Crippen LogP) is 5.82. The van der Waals surface area contributed by atoms with Crippen molar-refractivity contribution in [3.63, 3.8) is 0 Å². The minimum atomic E-state index is -0.0513. The van der Waals surface area contributed by atoms with E-state index in [-0.39, 0.29) is 5.78 Å². The van der Waals surface area contributed by atoms with E-state index in [1.165, 1.54) is 0 Å². The second-order valence-corrected chi connectivity index (χ2v) is 5.96. The van der Waals surface area contributed by atoms with Gasteiger partial charge in [0.15, 0.2) is 5.78 Å². The molecule has 0 aliphatic rings. The number of benzene rings is 3. The van der Waals surface area contributed by atoms with Gasteiger partial charge in [0, 0.05) is 16.1 Å². The van der Waals surface area contributed by atoms with Gasteiger partial charge in [-0.2, -0.15) is 0 Å². The number of ether oxygens (including phenoxy) is 1. The highest BCUT2D eigenvalue weighted by molar-refractivity contribution is 6.30. The van der Waals surface area contributed by atoms with Crippen LogP contribution in [0.4, 0.5) is 0 Å². The first-order chi connectivity index (χ1) is 12.2. The van der Waals surface area contributed by atoms with Crippen LogP contribution in [0.1, 0.15) is 21.5 Å². The van der Waals surface area contributed by atoms with Gasteiger partial charge in [0.25, 0.3) is 0 Å².